The van der Waals surface area contributed by atoms with Crippen molar-refractivity contribution >= 4 is 11.6 Å². The number of rotatable bonds is 2. The second-order valence-electron chi connectivity index (χ2n) is 7.97. The minimum absolute atomic E-state index is 0.200. The molecule has 1 aromatic rings. The van der Waals surface area contributed by atoms with Crippen molar-refractivity contribution in [2.75, 3.05) is 24.5 Å². The first-order valence-electron chi connectivity index (χ1n) is 9.58. The number of aliphatic hydroxyl groups excluding tert-OH is 1. The zero-order valence-electron chi connectivity index (χ0n) is 14.7. The lowest BCUT2D eigenvalue weighted by molar-refractivity contribution is -0.139. The Labute approximate surface area is 148 Å². The van der Waals surface area contributed by atoms with Crippen LogP contribution in [0.2, 0.25) is 0 Å². The van der Waals surface area contributed by atoms with Crippen molar-refractivity contribution in [2.24, 2.45) is 5.41 Å². The zero-order chi connectivity index (χ0) is 17.4. The monoisotopic (exact) mass is 346 g/mol. The molecule has 25 heavy (non-hydrogen) atoms. The molecule has 2 saturated heterocycles. The predicted molar refractivity (Wildman–Crippen MR) is 94.9 cm³/mol. The average molecular weight is 346 g/mol. The lowest BCUT2D eigenvalue weighted by Crippen LogP contribution is -2.50. The molecule has 0 aromatic heterocycles. The van der Waals surface area contributed by atoms with Crippen LogP contribution < -0.4 is 4.90 Å². The minimum atomic E-state index is -0.351. The molecule has 2 aliphatic heterocycles. The summed E-state index contributed by atoms with van der Waals surface area (Å²) in [7, 11) is 0. The Morgan fingerprint density at radius 1 is 1.08 bits per heavy atom. The van der Waals surface area contributed by atoms with Gasteiger partial charge in [-0.2, -0.15) is 0 Å². The number of halogens is 1. The largest absolute Gasteiger partial charge is 0.393 e. The van der Waals surface area contributed by atoms with E-state index in [1.807, 2.05) is 12.1 Å². The van der Waals surface area contributed by atoms with Crippen molar-refractivity contribution in [2.45, 2.75) is 57.1 Å². The van der Waals surface area contributed by atoms with E-state index in [2.05, 4.69) is 9.80 Å². The van der Waals surface area contributed by atoms with Gasteiger partial charge in [0.05, 0.1) is 17.2 Å². The molecule has 1 atom stereocenters. The number of amides is 1. The van der Waals surface area contributed by atoms with Gasteiger partial charge in [-0.3, -0.25) is 4.79 Å². The Morgan fingerprint density at radius 3 is 2.60 bits per heavy atom. The van der Waals surface area contributed by atoms with Crippen LogP contribution in [0.3, 0.4) is 0 Å². The quantitative estimate of drug-likeness (QED) is 0.895. The molecule has 1 aromatic carbocycles. The number of para-hydroxylation sites is 1. The van der Waals surface area contributed by atoms with Gasteiger partial charge in [0.2, 0.25) is 5.91 Å². The maximum atomic E-state index is 14.2. The first-order chi connectivity index (χ1) is 12.1. The second-order valence-corrected chi connectivity index (χ2v) is 7.97. The summed E-state index contributed by atoms with van der Waals surface area (Å²) < 4.78 is 14.2. The normalized spacial score (nSPS) is 33.3. The smallest absolute Gasteiger partial charge is 0.230 e. The van der Waals surface area contributed by atoms with Gasteiger partial charge in [0.25, 0.3) is 0 Å². The summed E-state index contributed by atoms with van der Waals surface area (Å²) in [5, 5.41) is 9.72. The number of anilines is 1. The summed E-state index contributed by atoms with van der Waals surface area (Å²) in [6, 6.07) is 7.15. The van der Waals surface area contributed by atoms with Crippen molar-refractivity contribution in [3.8, 4) is 0 Å². The third-order valence-corrected chi connectivity index (χ3v) is 6.42. The molecule has 3 aliphatic rings. The molecule has 0 unspecified atom stereocenters. The Morgan fingerprint density at radius 2 is 1.84 bits per heavy atom. The molecule has 3 fully saturated rings. The molecule has 0 bridgehead atoms. The van der Waals surface area contributed by atoms with Crippen LogP contribution >= 0.6 is 0 Å². The summed E-state index contributed by atoms with van der Waals surface area (Å²) in [6.45, 7) is 2.24. The van der Waals surface area contributed by atoms with E-state index >= 15 is 0 Å². The van der Waals surface area contributed by atoms with Crippen LogP contribution in [-0.2, 0) is 4.79 Å². The van der Waals surface area contributed by atoms with Gasteiger partial charge in [-0.25, -0.2) is 4.39 Å². The van der Waals surface area contributed by atoms with Crippen LogP contribution in [0.15, 0.2) is 24.3 Å². The van der Waals surface area contributed by atoms with Crippen molar-refractivity contribution < 1.29 is 14.3 Å². The van der Waals surface area contributed by atoms with Crippen LogP contribution in [0.4, 0.5) is 10.1 Å². The highest BCUT2D eigenvalue weighted by Gasteiger charge is 2.50. The first kappa shape index (κ1) is 16.8. The molecule has 0 radical (unpaired) electrons. The number of aliphatic hydroxyl groups is 1. The van der Waals surface area contributed by atoms with E-state index in [0.717, 1.165) is 58.0 Å². The highest BCUT2D eigenvalue weighted by molar-refractivity contribution is 5.86. The number of hydrogen-bond acceptors (Lipinski definition) is 3. The van der Waals surface area contributed by atoms with Crippen LogP contribution in [0.25, 0.3) is 0 Å². The fourth-order valence-electron chi connectivity index (χ4n) is 4.99. The summed E-state index contributed by atoms with van der Waals surface area (Å²) in [5.41, 5.74) is 0.268. The molecule has 1 spiro atoms. The minimum Gasteiger partial charge on any atom is -0.393 e. The van der Waals surface area contributed by atoms with Gasteiger partial charge in [0.15, 0.2) is 0 Å². The lowest BCUT2D eigenvalue weighted by Gasteiger charge is -2.41. The number of hydrogen-bond donors (Lipinski definition) is 1. The Bertz CT molecular complexity index is 644. The third-order valence-electron chi connectivity index (χ3n) is 6.42. The van der Waals surface area contributed by atoms with Crippen molar-refractivity contribution in [3.63, 3.8) is 0 Å². The van der Waals surface area contributed by atoms with Gasteiger partial charge in [0, 0.05) is 25.7 Å². The van der Waals surface area contributed by atoms with Crippen LogP contribution in [0.1, 0.15) is 44.9 Å². The Kier molecular flexibility index (Phi) is 4.44. The lowest BCUT2D eigenvalue weighted by atomic mass is 9.78. The molecule has 1 amide bonds. The summed E-state index contributed by atoms with van der Waals surface area (Å²) in [4.78, 5) is 17.4. The molecule has 4 nitrogen and oxygen atoms in total. The van der Waals surface area contributed by atoms with Gasteiger partial charge in [-0.05, 0) is 57.1 Å². The predicted octanol–water partition coefficient (Wildman–Crippen LogP) is 2.95. The molecule has 136 valence electrons. The van der Waals surface area contributed by atoms with E-state index in [1.54, 1.807) is 6.07 Å². The van der Waals surface area contributed by atoms with E-state index in [4.69, 9.17) is 0 Å². The molecule has 1 saturated carbocycles. The molecule has 1 N–H and O–H groups in total. The van der Waals surface area contributed by atoms with E-state index in [0.29, 0.717) is 12.2 Å². The standard InChI is InChI=1S/C20H27FN2O2/c21-17-4-1-2-5-18(17)22-12-3-10-20(14-22)11-13-23(19(20)25)15-6-8-16(24)9-7-15/h1-2,4-5,15-16,24H,3,6-14H2/t15?,16?,20-/m0/s1. The number of benzene rings is 1. The van der Waals surface area contributed by atoms with Crippen molar-refractivity contribution in [1.82, 2.24) is 4.90 Å². The first-order valence-corrected chi connectivity index (χ1v) is 9.58. The van der Waals surface area contributed by atoms with Crippen LogP contribution in [-0.4, -0.2) is 47.7 Å². The van der Waals surface area contributed by atoms with E-state index in [-0.39, 0.29) is 29.3 Å². The van der Waals surface area contributed by atoms with E-state index in [9.17, 15) is 14.3 Å². The second kappa shape index (κ2) is 6.60. The fraction of sp³-hybridized carbons (Fsp3) is 0.650. The molecule has 4 rings (SSSR count). The highest BCUT2D eigenvalue weighted by atomic mass is 19.1. The number of piperidine rings is 1. The van der Waals surface area contributed by atoms with Crippen molar-refractivity contribution in [1.29, 1.82) is 0 Å². The Balaban J connectivity index is 1.50. The van der Waals surface area contributed by atoms with Crippen LogP contribution in [0, 0.1) is 11.2 Å². The maximum Gasteiger partial charge on any atom is 0.230 e. The average Bonchev–Trinajstić information content (AvgIpc) is 2.92. The van der Waals surface area contributed by atoms with E-state index in [1.165, 1.54) is 6.07 Å². The molecular formula is C20H27FN2O2. The molecular weight excluding hydrogens is 319 g/mol. The van der Waals surface area contributed by atoms with Crippen molar-refractivity contribution in [3.05, 3.63) is 30.1 Å². The van der Waals surface area contributed by atoms with Gasteiger partial charge in [-0.1, -0.05) is 12.1 Å². The zero-order valence-corrected chi connectivity index (χ0v) is 14.7. The number of carbonyl (C=O) groups excluding carboxylic acids is 1. The van der Waals surface area contributed by atoms with Gasteiger partial charge in [-0.15, -0.1) is 0 Å². The topological polar surface area (TPSA) is 43.8 Å². The SMILES string of the molecule is O=C1N(C2CCC(O)CC2)CC[C@]12CCCN(c1ccccc1F)C2. The van der Waals surface area contributed by atoms with E-state index < -0.39 is 0 Å². The van der Waals surface area contributed by atoms with Crippen LogP contribution in [0.5, 0.6) is 0 Å². The van der Waals surface area contributed by atoms with Gasteiger partial charge >= 0.3 is 0 Å². The molecule has 5 heteroatoms. The van der Waals surface area contributed by atoms with Gasteiger partial charge in [0.1, 0.15) is 5.82 Å². The Hall–Kier alpha value is -1.62. The summed E-state index contributed by atoms with van der Waals surface area (Å²) in [6.07, 6.45) is 5.90. The molecule has 1 aliphatic carbocycles. The third kappa shape index (κ3) is 3.03. The maximum absolute atomic E-state index is 14.2. The number of nitrogens with zero attached hydrogens (tertiary/aromatic N) is 2. The summed E-state index contributed by atoms with van der Waals surface area (Å²) in [5.74, 6) is 0.0537. The number of carbonyl (C=O) groups is 1. The summed E-state index contributed by atoms with van der Waals surface area (Å²) >= 11 is 0. The number of likely N-dealkylation sites (tertiary alicyclic amines) is 1. The fourth-order valence-corrected chi connectivity index (χ4v) is 4.99. The van der Waals surface area contributed by atoms with Gasteiger partial charge < -0.3 is 14.9 Å². The highest BCUT2D eigenvalue weighted by Crippen LogP contribution is 2.43. The molecule has 2 heterocycles.